The molecule has 1 aromatic carbocycles. The molecule has 1 aromatic heterocycles. The normalized spacial score (nSPS) is 17.2. The number of rotatable bonds is 6. The molecule has 2 aliphatic heterocycles. The zero-order valence-electron chi connectivity index (χ0n) is 17.2. The first-order valence-electron chi connectivity index (χ1n) is 10.4. The van der Waals surface area contributed by atoms with Crippen LogP contribution in [-0.4, -0.2) is 36.7 Å². The Morgan fingerprint density at radius 2 is 1.81 bits per heavy atom. The third kappa shape index (κ3) is 5.13. The van der Waals surface area contributed by atoms with E-state index in [1.54, 1.807) is 0 Å². The van der Waals surface area contributed by atoms with Crippen molar-refractivity contribution in [1.29, 1.82) is 0 Å². The minimum absolute atomic E-state index is 0.00103. The SMILES string of the molecule is O=C(Oc1c(CN2Cc3ccccc3C2)occ(OCC2CCNCC2)c1=O)C(F)(F)F. The monoisotopic (exact) mass is 452 g/mol. The van der Waals surface area contributed by atoms with Gasteiger partial charge < -0.3 is 19.2 Å². The number of ether oxygens (including phenoxy) is 2. The number of fused-ring (bicyclic) bond motifs is 1. The van der Waals surface area contributed by atoms with E-state index in [2.05, 4.69) is 10.1 Å². The number of carbonyl (C=O) groups is 1. The van der Waals surface area contributed by atoms with Gasteiger partial charge in [-0.3, -0.25) is 9.69 Å². The Morgan fingerprint density at radius 1 is 1.16 bits per heavy atom. The second-order valence-corrected chi connectivity index (χ2v) is 7.99. The first kappa shape index (κ1) is 22.3. The second kappa shape index (κ2) is 9.33. The summed E-state index contributed by atoms with van der Waals surface area (Å²) < 4.78 is 53.9. The summed E-state index contributed by atoms with van der Waals surface area (Å²) in [6.45, 7) is 2.93. The molecule has 0 aliphatic carbocycles. The van der Waals surface area contributed by atoms with Gasteiger partial charge in [0.1, 0.15) is 6.26 Å². The van der Waals surface area contributed by atoms with Crippen LogP contribution in [0.15, 0.2) is 39.7 Å². The molecule has 0 saturated carbocycles. The lowest BCUT2D eigenvalue weighted by Gasteiger charge is -2.22. The zero-order chi connectivity index (χ0) is 22.7. The molecule has 0 unspecified atom stereocenters. The predicted octanol–water partition coefficient (Wildman–Crippen LogP) is 3.00. The van der Waals surface area contributed by atoms with Crippen molar-refractivity contribution in [2.75, 3.05) is 19.7 Å². The van der Waals surface area contributed by atoms with Gasteiger partial charge in [0.2, 0.25) is 11.5 Å². The molecule has 0 spiro atoms. The highest BCUT2D eigenvalue weighted by molar-refractivity contribution is 5.78. The molecule has 0 radical (unpaired) electrons. The van der Waals surface area contributed by atoms with Gasteiger partial charge >= 0.3 is 12.1 Å². The van der Waals surface area contributed by atoms with E-state index in [1.807, 2.05) is 29.2 Å². The number of nitrogens with zero attached hydrogens (tertiary/aromatic N) is 1. The molecule has 0 amide bonds. The summed E-state index contributed by atoms with van der Waals surface area (Å²) in [7, 11) is 0. The smallest absolute Gasteiger partial charge is 0.486 e. The summed E-state index contributed by atoms with van der Waals surface area (Å²) >= 11 is 0. The molecule has 7 nitrogen and oxygen atoms in total. The lowest BCUT2D eigenvalue weighted by Crippen LogP contribution is -2.32. The number of halogens is 3. The van der Waals surface area contributed by atoms with Gasteiger partial charge in [-0.15, -0.1) is 0 Å². The molecule has 1 fully saturated rings. The quantitative estimate of drug-likeness (QED) is 0.675. The number of piperidine rings is 1. The Morgan fingerprint density at radius 3 is 2.44 bits per heavy atom. The minimum Gasteiger partial charge on any atom is -0.486 e. The van der Waals surface area contributed by atoms with Gasteiger partial charge in [-0.1, -0.05) is 24.3 Å². The van der Waals surface area contributed by atoms with Crippen LogP contribution in [0.4, 0.5) is 13.2 Å². The topological polar surface area (TPSA) is 81.0 Å². The maximum atomic E-state index is 12.9. The van der Waals surface area contributed by atoms with Gasteiger partial charge in [0.25, 0.3) is 5.43 Å². The molecule has 1 N–H and O–H groups in total. The predicted molar refractivity (Wildman–Crippen MR) is 107 cm³/mol. The van der Waals surface area contributed by atoms with Gasteiger partial charge in [0.05, 0.1) is 13.2 Å². The fourth-order valence-corrected chi connectivity index (χ4v) is 3.91. The number of benzene rings is 1. The van der Waals surface area contributed by atoms with Crippen LogP contribution in [0.5, 0.6) is 11.5 Å². The maximum Gasteiger partial charge on any atom is 0.491 e. The summed E-state index contributed by atoms with van der Waals surface area (Å²) in [5, 5.41) is 3.21. The molecule has 1 saturated heterocycles. The minimum atomic E-state index is -5.25. The van der Waals surface area contributed by atoms with E-state index in [1.165, 1.54) is 0 Å². The molecule has 0 bridgehead atoms. The van der Waals surface area contributed by atoms with Crippen molar-refractivity contribution in [2.24, 2.45) is 5.92 Å². The van der Waals surface area contributed by atoms with Gasteiger partial charge in [0, 0.05) is 13.1 Å². The van der Waals surface area contributed by atoms with Crippen molar-refractivity contribution in [2.45, 2.75) is 38.7 Å². The van der Waals surface area contributed by atoms with Crippen LogP contribution in [0, 0.1) is 5.92 Å². The van der Waals surface area contributed by atoms with E-state index in [0.717, 1.165) is 43.3 Å². The summed E-state index contributed by atoms with van der Waals surface area (Å²) in [6.07, 6.45) is -2.46. The number of nitrogens with one attached hydrogen (secondary N) is 1. The van der Waals surface area contributed by atoms with Gasteiger partial charge in [-0.2, -0.15) is 13.2 Å². The van der Waals surface area contributed by atoms with E-state index in [-0.39, 0.29) is 30.6 Å². The largest absolute Gasteiger partial charge is 0.491 e. The number of hydrogen-bond donors (Lipinski definition) is 1. The van der Waals surface area contributed by atoms with Crippen molar-refractivity contribution in [3.63, 3.8) is 0 Å². The zero-order valence-corrected chi connectivity index (χ0v) is 17.2. The Labute approximate surface area is 182 Å². The first-order valence-corrected chi connectivity index (χ1v) is 10.4. The van der Waals surface area contributed by atoms with Crippen LogP contribution >= 0.6 is 0 Å². The third-order valence-electron chi connectivity index (χ3n) is 5.62. The molecule has 2 aliphatic rings. The van der Waals surface area contributed by atoms with E-state index in [4.69, 9.17) is 9.15 Å². The number of hydrogen-bond acceptors (Lipinski definition) is 7. The number of esters is 1. The molecular formula is C22H23F3N2O5. The highest BCUT2D eigenvalue weighted by Gasteiger charge is 2.42. The van der Waals surface area contributed by atoms with Crippen LogP contribution in [0.25, 0.3) is 0 Å². The molecule has 32 heavy (non-hydrogen) atoms. The van der Waals surface area contributed by atoms with Crippen LogP contribution in [-0.2, 0) is 24.4 Å². The van der Waals surface area contributed by atoms with Crippen LogP contribution in [0.3, 0.4) is 0 Å². The average molecular weight is 452 g/mol. The van der Waals surface area contributed by atoms with E-state index in [0.29, 0.717) is 13.1 Å². The number of alkyl halides is 3. The molecule has 0 atom stereocenters. The molecule has 172 valence electrons. The molecule has 4 rings (SSSR count). The number of carbonyl (C=O) groups excluding carboxylic acids is 1. The summed E-state index contributed by atoms with van der Waals surface area (Å²) in [4.78, 5) is 26.2. The van der Waals surface area contributed by atoms with Crippen molar-refractivity contribution < 1.29 is 31.9 Å². The van der Waals surface area contributed by atoms with E-state index >= 15 is 0 Å². The van der Waals surface area contributed by atoms with Crippen molar-refractivity contribution in [3.05, 3.63) is 57.6 Å². The third-order valence-corrected chi connectivity index (χ3v) is 5.62. The van der Waals surface area contributed by atoms with Crippen molar-refractivity contribution >= 4 is 5.97 Å². The van der Waals surface area contributed by atoms with Crippen LogP contribution in [0.2, 0.25) is 0 Å². The molecule has 3 heterocycles. The fourth-order valence-electron chi connectivity index (χ4n) is 3.91. The Kier molecular flexibility index (Phi) is 6.52. The fraction of sp³-hybridized carbons (Fsp3) is 0.455. The Hall–Kier alpha value is -2.85. The van der Waals surface area contributed by atoms with E-state index < -0.39 is 23.3 Å². The summed E-state index contributed by atoms with van der Waals surface area (Å²) in [5.41, 5.74) is 1.21. The van der Waals surface area contributed by atoms with Crippen LogP contribution in [0.1, 0.15) is 29.7 Å². The van der Waals surface area contributed by atoms with Gasteiger partial charge in [0.15, 0.2) is 5.76 Å². The Bertz CT molecular complexity index is 1010. The molecular weight excluding hydrogens is 429 g/mol. The van der Waals surface area contributed by atoms with Crippen molar-refractivity contribution in [3.8, 4) is 11.5 Å². The molecule has 2 aromatic rings. The Balaban J connectivity index is 1.55. The maximum absolute atomic E-state index is 12.9. The summed E-state index contributed by atoms with van der Waals surface area (Å²) in [5.74, 6) is -3.49. The van der Waals surface area contributed by atoms with E-state index in [9.17, 15) is 22.8 Å². The lowest BCUT2D eigenvalue weighted by molar-refractivity contribution is -0.189. The lowest BCUT2D eigenvalue weighted by atomic mass is 9.99. The van der Waals surface area contributed by atoms with Gasteiger partial charge in [-0.25, -0.2) is 4.79 Å². The van der Waals surface area contributed by atoms with Crippen molar-refractivity contribution in [1.82, 2.24) is 10.2 Å². The highest BCUT2D eigenvalue weighted by Crippen LogP contribution is 2.28. The van der Waals surface area contributed by atoms with Gasteiger partial charge in [-0.05, 0) is 43.0 Å². The molecule has 10 heteroatoms. The second-order valence-electron chi connectivity index (χ2n) is 7.99. The average Bonchev–Trinajstić information content (AvgIpc) is 3.18. The van der Waals surface area contributed by atoms with Crippen LogP contribution < -0.4 is 20.2 Å². The first-order chi connectivity index (χ1) is 15.3. The standard InChI is InChI=1S/C22H23F3N2O5/c23-22(24,25)21(29)32-20-17(11-27-9-15-3-1-2-4-16(15)10-27)31-13-18(19(20)28)30-12-14-5-7-26-8-6-14/h1-4,13-14,26H,5-12H2. The summed E-state index contributed by atoms with van der Waals surface area (Å²) in [6, 6.07) is 7.70. The highest BCUT2D eigenvalue weighted by atomic mass is 19.4.